The monoisotopic (exact) mass is 217 g/mol. The fraction of sp³-hybridized carbons (Fsp3) is 0.182. The van der Waals surface area contributed by atoms with Crippen LogP contribution in [0.4, 0.5) is 0 Å². The van der Waals surface area contributed by atoms with Crippen LogP contribution in [0.5, 0.6) is 0 Å². The lowest BCUT2D eigenvalue weighted by molar-refractivity contribution is 0.0697. The third-order valence-corrected chi connectivity index (χ3v) is 2.40. The van der Waals surface area contributed by atoms with Crippen molar-refractivity contribution < 1.29 is 9.90 Å². The number of nitrogens with zero attached hydrogens (tertiary/aromatic N) is 3. The first-order valence-electron chi connectivity index (χ1n) is 4.80. The van der Waals surface area contributed by atoms with Crippen LogP contribution in [0.15, 0.2) is 24.5 Å². The lowest BCUT2D eigenvalue weighted by Crippen LogP contribution is -2.04. The number of carboxylic acids is 1. The Labute approximate surface area is 92.4 Å². The maximum atomic E-state index is 10.9. The van der Waals surface area contributed by atoms with E-state index in [9.17, 15) is 4.79 Å². The van der Waals surface area contributed by atoms with E-state index in [2.05, 4.69) is 10.1 Å². The summed E-state index contributed by atoms with van der Waals surface area (Å²) in [7, 11) is 0. The van der Waals surface area contributed by atoms with E-state index in [-0.39, 0.29) is 5.56 Å². The molecule has 5 nitrogen and oxygen atoms in total. The van der Waals surface area contributed by atoms with Crippen molar-refractivity contribution in [1.82, 2.24) is 14.8 Å². The van der Waals surface area contributed by atoms with Gasteiger partial charge in [0.2, 0.25) is 0 Å². The van der Waals surface area contributed by atoms with Gasteiger partial charge in [-0.3, -0.25) is 0 Å². The highest BCUT2D eigenvalue weighted by atomic mass is 16.4. The quantitative estimate of drug-likeness (QED) is 0.829. The Bertz CT molecular complexity index is 546. The summed E-state index contributed by atoms with van der Waals surface area (Å²) in [6.45, 7) is 3.72. The minimum atomic E-state index is -0.945. The Morgan fingerprint density at radius 2 is 2.12 bits per heavy atom. The van der Waals surface area contributed by atoms with Gasteiger partial charge in [0.1, 0.15) is 12.2 Å². The van der Waals surface area contributed by atoms with Crippen LogP contribution in [0.1, 0.15) is 21.7 Å². The first-order chi connectivity index (χ1) is 7.59. The minimum absolute atomic E-state index is 0.246. The second-order valence-corrected chi connectivity index (χ2v) is 3.53. The van der Waals surface area contributed by atoms with Crippen LogP contribution in [-0.2, 0) is 0 Å². The van der Waals surface area contributed by atoms with Gasteiger partial charge in [-0.05, 0) is 31.5 Å². The molecule has 1 aromatic heterocycles. The summed E-state index contributed by atoms with van der Waals surface area (Å²) in [6, 6.07) is 4.94. The zero-order chi connectivity index (χ0) is 11.7. The van der Waals surface area contributed by atoms with Gasteiger partial charge < -0.3 is 5.11 Å². The second-order valence-electron chi connectivity index (χ2n) is 3.53. The molecule has 0 saturated heterocycles. The maximum absolute atomic E-state index is 10.9. The smallest absolute Gasteiger partial charge is 0.335 e. The molecular weight excluding hydrogens is 206 g/mol. The van der Waals surface area contributed by atoms with Gasteiger partial charge in [-0.1, -0.05) is 6.07 Å². The Morgan fingerprint density at radius 3 is 2.69 bits per heavy atom. The molecule has 1 aromatic carbocycles. The van der Waals surface area contributed by atoms with Crippen LogP contribution in [0.3, 0.4) is 0 Å². The van der Waals surface area contributed by atoms with E-state index in [1.54, 1.807) is 22.9 Å². The molecule has 82 valence electrons. The first kappa shape index (κ1) is 10.4. The molecule has 1 N–H and O–H groups in total. The highest BCUT2D eigenvalue weighted by Crippen LogP contribution is 2.16. The molecule has 0 aliphatic carbocycles. The van der Waals surface area contributed by atoms with Gasteiger partial charge in [0, 0.05) is 0 Å². The molecule has 0 saturated carbocycles. The van der Waals surface area contributed by atoms with E-state index < -0.39 is 5.97 Å². The Kier molecular flexibility index (Phi) is 2.44. The zero-order valence-corrected chi connectivity index (χ0v) is 9.01. The number of hydrogen-bond acceptors (Lipinski definition) is 3. The number of aryl methyl sites for hydroxylation is 2. The summed E-state index contributed by atoms with van der Waals surface area (Å²) in [5.41, 5.74) is 1.95. The minimum Gasteiger partial charge on any atom is -0.478 e. The number of aromatic carboxylic acids is 1. The van der Waals surface area contributed by atoms with E-state index in [1.165, 1.54) is 6.33 Å². The highest BCUT2D eigenvalue weighted by molar-refractivity contribution is 5.88. The molecule has 0 bridgehead atoms. The average molecular weight is 217 g/mol. The number of hydrogen-bond donors (Lipinski definition) is 1. The maximum Gasteiger partial charge on any atom is 0.335 e. The molecule has 0 atom stereocenters. The lowest BCUT2D eigenvalue weighted by Gasteiger charge is -2.07. The molecule has 1 heterocycles. The molecule has 5 heteroatoms. The van der Waals surface area contributed by atoms with Crippen molar-refractivity contribution >= 4 is 5.97 Å². The van der Waals surface area contributed by atoms with E-state index in [4.69, 9.17) is 5.11 Å². The lowest BCUT2D eigenvalue weighted by atomic mass is 10.1. The fourth-order valence-electron chi connectivity index (χ4n) is 1.51. The number of benzene rings is 1. The van der Waals surface area contributed by atoms with Crippen molar-refractivity contribution in [3.8, 4) is 5.69 Å². The molecule has 16 heavy (non-hydrogen) atoms. The largest absolute Gasteiger partial charge is 0.478 e. The van der Waals surface area contributed by atoms with E-state index in [0.29, 0.717) is 0 Å². The van der Waals surface area contributed by atoms with Crippen molar-refractivity contribution in [3.63, 3.8) is 0 Å². The van der Waals surface area contributed by atoms with Crippen molar-refractivity contribution in [2.24, 2.45) is 0 Å². The van der Waals surface area contributed by atoms with Crippen molar-refractivity contribution in [1.29, 1.82) is 0 Å². The summed E-state index contributed by atoms with van der Waals surface area (Å²) >= 11 is 0. The predicted molar refractivity (Wildman–Crippen MR) is 57.8 cm³/mol. The molecule has 2 aromatic rings. The first-order valence-corrected chi connectivity index (χ1v) is 4.80. The summed E-state index contributed by atoms with van der Waals surface area (Å²) in [5, 5.41) is 13.0. The van der Waals surface area contributed by atoms with E-state index in [0.717, 1.165) is 17.1 Å². The molecule has 0 aliphatic rings. The molecule has 0 unspecified atom stereocenters. The Morgan fingerprint density at radius 1 is 1.38 bits per heavy atom. The Hall–Kier alpha value is -2.17. The van der Waals surface area contributed by atoms with E-state index >= 15 is 0 Å². The van der Waals surface area contributed by atoms with Crippen LogP contribution in [0.2, 0.25) is 0 Å². The predicted octanol–water partition coefficient (Wildman–Crippen LogP) is 1.58. The van der Waals surface area contributed by atoms with Crippen LogP contribution in [0.25, 0.3) is 5.69 Å². The number of aromatic nitrogens is 3. The molecule has 0 radical (unpaired) electrons. The van der Waals surface area contributed by atoms with Gasteiger partial charge >= 0.3 is 5.97 Å². The second kappa shape index (κ2) is 3.77. The highest BCUT2D eigenvalue weighted by Gasteiger charge is 2.09. The molecule has 0 amide bonds. The van der Waals surface area contributed by atoms with Crippen LogP contribution in [0, 0.1) is 13.8 Å². The molecule has 0 aliphatic heterocycles. The number of carbonyl (C=O) groups is 1. The zero-order valence-electron chi connectivity index (χ0n) is 9.01. The van der Waals surface area contributed by atoms with Crippen LogP contribution in [-0.4, -0.2) is 25.8 Å². The summed E-state index contributed by atoms with van der Waals surface area (Å²) in [4.78, 5) is 14.9. The molecule has 0 spiro atoms. The van der Waals surface area contributed by atoms with Gasteiger partial charge in [-0.2, -0.15) is 5.10 Å². The third-order valence-electron chi connectivity index (χ3n) is 2.40. The summed E-state index contributed by atoms with van der Waals surface area (Å²) in [5.74, 6) is -0.218. The van der Waals surface area contributed by atoms with Crippen LogP contribution < -0.4 is 0 Å². The van der Waals surface area contributed by atoms with Crippen LogP contribution >= 0.6 is 0 Å². The summed E-state index contributed by atoms with van der Waals surface area (Å²) < 4.78 is 1.63. The van der Waals surface area contributed by atoms with E-state index in [1.807, 2.05) is 13.8 Å². The number of carboxylic acid groups (broad SMARTS) is 1. The normalized spacial score (nSPS) is 10.4. The van der Waals surface area contributed by atoms with Gasteiger partial charge in [-0.25, -0.2) is 14.5 Å². The molecule has 2 rings (SSSR count). The van der Waals surface area contributed by atoms with Gasteiger partial charge in [0.05, 0.1) is 11.3 Å². The number of rotatable bonds is 2. The van der Waals surface area contributed by atoms with Crippen molar-refractivity contribution in [2.75, 3.05) is 0 Å². The summed E-state index contributed by atoms with van der Waals surface area (Å²) in [6.07, 6.45) is 1.45. The topological polar surface area (TPSA) is 68.0 Å². The fourth-order valence-corrected chi connectivity index (χ4v) is 1.51. The molecular formula is C11H11N3O2. The Balaban J connectivity index is 2.60. The third kappa shape index (κ3) is 1.67. The van der Waals surface area contributed by atoms with Crippen molar-refractivity contribution in [2.45, 2.75) is 13.8 Å². The van der Waals surface area contributed by atoms with Gasteiger partial charge in [0.25, 0.3) is 0 Å². The molecule has 0 fully saturated rings. The average Bonchev–Trinajstić information content (AvgIpc) is 2.65. The standard InChI is InChI=1S/C11H11N3O2/c1-7-3-4-9(11(15)16)5-10(7)14-8(2)12-6-13-14/h3-6H,1-2H3,(H,15,16). The van der Waals surface area contributed by atoms with Gasteiger partial charge in [-0.15, -0.1) is 0 Å². The SMILES string of the molecule is Cc1ccc(C(=O)O)cc1-n1ncnc1C. The van der Waals surface area contributed by atoms with Gasteiger partial charge in [0.15, 0.2) is 0 Å². The van der Waals surface area contributed by atoms with Crippen molar-refractivity contribution in [3.05, 3.63) is 41.5 Å².